The lowest BCUT2D eigenvalue weighted by atomic mass is 10.1. The molecule has 0 amide bonds. The summed E-state index contributed by atoms with van der Waals surface area (Å²) in [6, 6.07) is 0.777. The van der Waals surface area contributed by atoms with E-state index in [1.165, 1.54) is 35.8 Å². The van der Waals surface area contributed by atoms with E-state index in [1.807, 2.05) is 0 Å². The molecular formula is C12H20N2S2. The smallest absolute Gasteiger partial charge is 0.0928 e. The SMILES string of the molecule is Cc1csc(CCCNC2CCSCC2)n1. The summed E-state index contributed by atoms with van der Waals surface area (Å²) in [7, 11) is 0. The second kappa shape index (κ2) is 6.62. The van der Waals surface area contributed by atoms with Crippen molar-refractivity contribution < 1.29 is 0 Å². The van der Waals surface area contributed by atoms with Crippen molar-refractivity contribution in [3.05, 3.63) is 16.1 Å². The minimum Gasteiger partial charge on any atom is -0.314 e. The Labute approximate surface area is 106 Å². The van der Waals surface area contributed by atoms with Gasteiger partial charge in [0.25, 0.3) is 0 Å². The Morgan fingerprint density at radius 3 is 2.94 bits per heavy atom. The monoisotopic (exact) mass is 256 g/mol. The van der Waals surface area contributed by atoms with Crippen LogP contribution in [0.5, 0.6) is 0 Å². The van der Waals surface area contributed by atoms with Crippen LogP contribution in [0.2, 0.25) is 0 Å². The van der Waals surface area contributed by atoms with Gasteiger partial charge in [-0.15, -0.1) is 11.3 Å². The van der Waals surface area contributed by atoms with E-state index < -0.39 is 0 Å². The Morgan fingerprint density at radius 2 is 2.25 bits per heavy atom. The number of nitrogens with one attached hydrogen (secondary N) is 1. The lowest BCUT2D eigenvalue weighted by Crippen LogP contribution is -2.33. The van der Waals surface area contributed by atoms with E-state index in [1.54, 1.807) is 11.3 Å². The number of thiazole rings is 1. The number of thioether (sulfide) groups is 1. The Morgan fingerprint density at radius 1 is 1.44 bits per heavy atom. The summed E-state index contributed by atoms with van der Waals surface area (Å²) < 4.78 is 0. The third kappa shape index (κ3) is 4.07. The van der Waals surface area contributed by atoms with Crippen LogP contribution in [0.1, 0.15) is 30.0 Å². The van der Waals surface area contributed by atoms with Gasteiger partial charge in [-0.05, 0) is 44.2 Å². The average Bonchev–Trinajstić information content (AvgIpc) is 2.72. The molecular weight excluding hydrogens is 236 g/mol. The molecule has 2 nitrogen and oxygen atoms in total. The van der Waals surface area contributed by atoms with Crippen molar-refractivity contribution in [3.63, 3.8) is 0 Å². The van der Waals surface area contributed by atoms with E-state index in [0.29, 0.717) is 0 Å². The van der Waals surface area contributed by atoms with Crippen LogP contribution < -0.4 is 5.32 Å². The Hall–Kier alpha value is -0.0600. The van der Waals surface area contributed by atoms with Crippen molar-refractivity contribution in [3.8, 4) is 0 Å². The fourth-order valence-corrected chi connectivity index (χ4v) is 3.89. The predicted molar refractivity (Wildman–Crippen MR) is 73.5 cm³/mol. The predicted octanol–water partition coefficient (Wildman–Crippen LogP) is 2.87. The lowest BCUT2D eigenvalue weighted by Gasteiger charge is -2.22. The molecule has 2 heterocycles. The summed E-state index contributed by atoms with van der Waals surface area (Å²) in [5.41, 5.74) is 1.16. The molecule has 1 aliphatic heterocycles. The van der Waals surface area contributed by atoms with Crippen molar-refractivity contribution in [2.75, 3.05) is 18.1 Å². The van der Waals surface area contributed by atoms with Gasteiger partial charge in [0.2, 0.25) is 0 Å². The third-order valence-electron chi connectivity index (χ3n) is 2.89. The maximum atomic E-state index is 4.48. The van der Waals surface area contributed by atoms with E-state index in [9.17, 15) is 0 Å². The molecule has 90 valence electrons. The molecule has 2 rings (SSSR count). The molecule has 1 aromatic rings. The molecule has 1 N–H and O–H groups in total. The summed E-state index contributed by atoms with van der Waals surface area (Å²) >= 11 is 3.88. The summed E-state index contributed by atoms with van der Waals surface area (Å²) in [6.07, 6.45) is 5.05. The fourth-order valence-electron chi connectivity index (χ4n) is 1.97. The number of aryl methyl sites for hydroxylation is 2. The Kier molecular flexibility index (Phi) is 5.13. The van der Waals surface area contributed by atoms with Gasteiger partial charge in [-0.2, -0.15) is 11.8 Å². The zero-order chi connectivity index (χ0) is 11.2. The van der Waals surface area contributed by atoms with Gasteiger partial charge in [-0.25, -0.2) is 4.98 Å². The van der Waals surface area contributed by atoms with Gasteiger partial charge in [0, 0.05) is 23.5 Å². The molecule has 1 saturated heterocycles. The zero-order valence-corrected chi connectivity index (χ0v) is 11.5. The van der Waals surface area contributed by atoms with Gasteiger partial charge < -0.3 is 5.32 Å². The number of hydrogen-bond acceptors (Lipinski definition) is 4. The molecule has 0 aliphatic carbocycles. The Balaban J connectivity index is 1.57. The highest BCUT2D eigenvalue weighted by molar-refractivity contribution is 7.99. The number of rotatable bonds is 5. The summed E-state index contributed by atoms with van der Waals surface area (Å²) in [5, 5.41) is 7.09. The zero-order valence-electron chi connectivity index (χ0n) is 9.87. The molecule has 0 atom stereocenters. The maximum Gasteiger partial charge on any atom is 0.0928 e. The van der Waals surface area contributed by atoms with Gasteiger partial charge in [0.1, 0.15) is 0 Å². The molecule has 16 heavy (non-hydrogen) atoms. The van der Waals surface area contributed by atoms with Crippen LogP contribution in [0, 0.1) is 6.92 Å². The molecule has 0 spiro atoms. The van der Waals surface area contributed by atoms with E-state index in [-0.39, 0.29) is 0 Å². The quantitative estimate of drug-likeness (QED) is 0.820. The second-order valence-electron chi connectivity index (χ2n) is 4.33. The molecule has 0 aromatic carbocycles. The van der Waals surface area contributed by atoms with Crippen LogP contribution in [-0.2, 0) is 6.42 Å². The van der Waals surface area contributed by atoms with Crippen LogP contribution in [0.4, 0.5) is 0 Å². The molecule has 1 aliphatic rings. The molecule has 0 unspecified atom stereocenters. The molecule has 4 heteroatoms. The number of hydrogen-bond donors (Lipinski definition) is 1. The summed E-state index contributed by atoms with van der Waals surface area (Å²) in [4.78, 5) is 4.48. The third-order valence-corrected chi connectivity index (χ3v) is 4.96. The highest BCUT2D eigenvalue weighted by Gasteiger charge is 2.12. The van der Waals surface area contributed by atoms with E-state index in [4.69, 9.17) is 0 Å². The van der Waals surface area contributed by atoms with E-state index >= 15 is 0 Å². The largest absolute Gasteiger partial charge is 0.314 e. The Bertz CT molecular complexity index is 306. The number of aromatic nitrogens is 1. The molecule has 0 bridgehead atoms. The maximum absolute atomic E-state index is 4.48. The van der Waals surface area contributed by atoms with Crippen LogP contribution in [0.25, 0.3) is 0 Å². The highest BCUT2D eigenvalue weighted by atomic mass is 32.2. The van der Waals surface area contributed by atoms with Crippen LogP contribution in [-0.4, -0.2) is 29.1 Å². The van der Waals surface area contributed by atoms with Gasteiger partial charge in [-0.1, -0.05) is 0 Å². The van der Waals surface area contributed by atoms with Crippen molar-refractivity contribution in [1.29, 1.82) is 0 Å². The topological polar surface area (TPSA) is 24.9 Å². The van der Waals surface area contributed by atoms with Crippen LogP contribution in [0.3, 0.4) is 0 Å². The van der Waals surface area contributed by atoms with Gasteiger partial charge in [0.05, 0.1) is 5.01 Å². The average molecular weight is 256 g/mol. The fraction of sp³-hybridized carbons (Fsp3) is 0.750. The summed E-state index contributed by atoms with van der Waals surface area (Å²) in [5.74, 6) is 2.67. The minimum atomic E-state index is 0.777. The first kappa shape index (κ1) is 12.4. The summed E-state index contributed by atoms with van der Waals surface area (Å²) in [6.45, 7) is 3.21. The normalized spacial score (nSPS) is 17.8. The van der Waals surface area contributed by atoms with Crippen molar-refractivity contribution in [2.45, 2.75) is 38.6 Å². The molecule has 0 saturated carbocycles. The first-order valence-electron chi connectivity index (χ1n) is 6.07. The van der Waals surface area contributed by atoms with Crippen molar-refractivity contribution in [1.82, 2.24) is 10.3 Å². The van der Waals surface area contributed by atoms with Gasteiger partial charge in [0.15, 0.2) is 0 Å². The molecule has 0 radical (unpaired) electrons. The van der Waals surface area contributed by atoms with Gasteiger partial charge in [-0.3, -0.25) is 0 Å². The van der Waals surface area contributed by atoms with Crippen molar-refractivity contribution >= 4 is 23.1 Å². The standard InChI is InChI=1S/C12H20N2S2/c1-10-9-16-12(14-10)3-2-6-13-11-4-7-15-8-5-11/h9,11,13H,2-8H2,1H3. The van der Waals surface area contributed by atoms with Crippen LogP contribution >= 0.6 is 23.1 Å². The lowest BCUT2D eigenvalue weighted by molar-refractivity contribution is 0.477. The first-order chi connectivity index (χ1) is 7.84. The minimum absolute atomic E-state index is 0.777. The van der Waals surface area contributed by atoms with E-state index in [2.05, 4.69) is 34.4 Å². The van der Waals surface area contributed by atoms with Crippen LogP contribution in [0.15, 0.2) is 5.38 Å². The van der Waals surface area contributed by atoms with Crippen molar-refractivity contribution in [2.24, 2.45) is 0 Å². The number of nitrogens with zero attached hydrogens (tertiary/aromatic N) is 1. The first-order valence-corrected chi connectivity index (χ1v) is 8.10. The highest BCUT2D eigenvalue weighted by Crippen LogP contribution is 2.17. The van der Waals surface area contributed by atoms with Gasteiger partial charge >= 0.3 is 0 Å². The molecule has 1 aromatic heterocycles. The van der Waals surface area contributed by atoms with E-state index in [0.717, 1.165) is 24.7 Å². The molecule has 1 fully saturated rings. The second-order valence-corrected chi connectivity index (χ2v) is 6.49.